The third-order valence-corrected chi connectivity index (χ3v) is 4.74. The number of carbonyl (C=O) groups excluding carboxylic acids is 1. The van der Waals surface area contributed by atoms with E-state index in [0.29, 0.717) is 36.6 Å². The van der Waals surface area contributed by atoms with Crippen molar-refractivity contribution in [1.29, 1.82) is 0 Å². The van der Waals surface area contributed by atoms with E-state index in [1.54, 1.807) is 17.0 Å². The lowest BCUT2D eigenvalue weighted by atomic mass is 10.0. The zero-order valence-corrected chi connectivity index (χ0v) is 16.1. The average Bonchev–Trinajstić information content (AvgIpc) is 3.36. The Hall–Kier alpha value is -3.29. The molecule has 0 fully saturated rings. The van der Waals surface area contributed by atoms with Crippen molar-refractivity contribution >= 4 is 11.7 Å². The first-order valence-electron chi connectivity index (χ1n) is 9.52. The van der Waals surface area contributed by atoms with E-state index in [-0.39, 0.29) is 31.3 Å². The molecule has 1 atom stereocenters. The van der Waals surface area contributed by atoms with Crippen LogP contribution in [0.4, 0.5) is 9.18 Å². The zero-order chi connectivity index (χ0) is 20.2. The highest BCUT2D eigenvalue weighted by Gasteiger charge is 2.28. The summed E-state index contributed by atoms with van der Waals surface area (Å²) in [5, 5.41) is 6.99. The lowest BCUT2D eigenvalue weighted by molar-refractivity contribution is 0.0590. The molecule has 2 aliphatic heterocycles. The van der Waals surface area contributed by atoms with Crippen LogP contribution in [0.5, 0.6) is 11.5 Å². The number of nitrogens with zero attached hydrogens (tertiary/aromatic N) is 2. The first-order valence-corrected chi connectivity index (χ1v) is 9.52. The van der Waals surface area contributed by atoms with Gasteiger partial charge < -0.3 is 24.5 Å². The number of urea groups is 1. The third-order valence-electron chi connectivity index (χ3n) is 4.74. The van der Waals surface area contributed by atoms with Crippen LogP contribution in [0.1, 0.15) is 24.5 Å². The Morgan fingerprint density at radius 1 is 1.24 bits per heavy atom. The van der Waals surface area contributed by atoms with Gasteiger partial charge in [-0.3, -0.25) is 0 Å². The molecule has 2 aromatic carbocycles. The maximum absolute atomic E-state index is 13.5. The number of oxime groups is 1. The summed E-state index contributed by atoms with van der Waals surface area (Å²) >= 11 is 0. The topological polar surface area (TPSA) is 72.4 Å². The van der Waals surface area contributed by atoms with E-state index in [4.69, 9.17) is 14.3 Å². The second kappa shape index (κ2) is 8.38. The fraction of sp³-hybridized carbons (Fsp3) is 0.333. The predicted octanol–water partition coefficient (Wildman–Crippen LogP) is 3.28. The van der Waals surface area contributed by atoms with E-state index in [1.165, 1.54) is 12.1 Å². The lowest BCUT2D eigenvalue weighted by Gasteiger charge is -2.25. The highest BCUT2D eigenvalue weighted by Crippen LogP contribution is 2.33. The van der Waals surface area contributed by atoms with Gasteiger partial charge in [0.25, 0.3) is 0 Å². The molecule has 2 amide bonds. The fourth-order valence-corrected chi connectivity index (χ4v) is 3.36. The Morgan fingerprint density at radius 2 is 2.10 bits per heavy atom. The van der Waals surface area contributed by atoms with E-state index in [1.807, 2.05) is 25.1 Å². The molecule has 8 heteroatoms. The summed E-state index contributed by atoms with van der Waals surface area (Å²) in [6.45, 7) is 3.18. The zero-order valence-electron chi connectivity index (χ0n) is 16.1. The fourth-order valence-electron chi connectivity index (χ4n) is 3.36. The minimum atomic E-state index is -0.330. The van der Waals surface area contributed by atoms with Crippen molar-refractivity contribution in [3.8, 4) is 11.5 Å². The monoisotopic (exact) mass is 399 g/mol. The quantitative estimate of drug-likeness (QED) is 0.809. The second-order valence-electron chi connectivity index (χ2n) is 6.88. The molecule has 2 aromatic rings. The molecule has 1 N–H and O–H groups in total. The van der Waals surface area contributed by atoms with Crippen LogP contribution in [0, 0.1) is 5.82 Å². The van der Waals surface area contributed by atoms with Gasteiger partial charge in [0.05, 0.1) is 12.3 Å². The van der Waals surface area contributed by atoms with Crippen molar-refractivity contribution in [2.75, 3.05) is 19.9 Å². The molecule has 1 unspecified atom stereocenters. The van der Waals surface area contributed by atoms with Gasteiger partial charge in [0.15, 0.2) is 17.6 Å². The molecule has 4 rings (SSSR count). The molecular formula is C21H22FN3O4. The first-order chi connectivity index (χ1) is 14.1. The van der Waals surface area contributed by atoms with Gasteiger partial charge in [0.2, 0.25) is 6.79 Å². The number of hydrogen-bond donors (Lipinski definition) is 1. The highest BCUT2D eigenvalue weighted by atomic mass is 19.1. The molecule has 7 nitrogen and oxygen atoms in total. The molecule has 0 saturated heterocycles. The molecule has 0 saturated carbocycles. The van der Waals surface area contributed by atoms with Gasteiger partial charge in [-0.1, -0.05) is 17.3 Å². The lowest BCUT2D eigenvalue weighted by Crippen LogP contribution is -2.43. The smallest absolute Gasteiger partial charge is 0.317 e. The van der Waals surface area contributed by atoms with Crippen LogP contribution in [0.3, 0.4) is 0 Å². The molecule has 0 radical (unpaired) electrons. The summed E-state index contributed by atoms with van der Waals surface area (Å²) in [5.74, 6) is 1.06. The first kappa shape index (κ1) is 19.0. The van der Waals surface area contributed by atoms with Crippen LogP contribution >= 0.6 is 0 Å². The van der Waals surface area contributed by atoms with Crippen molar-refractivity contribution in [3.05, 3.63) is 59.4 Å². The summed E-state index contributed by atoms with van der Waals surface area (Å²) < 4.78 is 24.3. The van der Waals surface area contributed by atoms with Crippen molar-refractivity contribution in [2.24, 2.45) is 5.16 Å². The van der Waals surface area contributed by atoms with Crippen LogP contribution in [-0.2, 0) is 11.4 Å². The van der Waals surface area contributed by atoms with E-state index >= 15 is 0 Å². The number of nitrogens with one attached hydrogen (secondary N) is 1. The maximum Gasteiger partial charge on any atom is 0.317 e. The molecule has 152 valence electrons. The number of amides is 2. The van der Waals surface area contributed by atoms with E-state index < -0.39 is 0 Å². The maximum atomic E-state index is 13.5. The number of rotatable bonds is 6. The second-order valence-corrected chi connectivity index (χ2v) is 6.88. The van der Waals surface area contributed by atoms with Gasteiger partial charge in [0.1, 0.15) is 5.82 Å². The Morgan fingerprint density at radius 3 is 2.93 bits per heavy atom. The van der Waals surface area contributed by atoms with Gasteiger partial charge in [0, 0.05) is 25.1 Å². The van der Waals surface area contributed by atoms with Gasteiger partial charge >= 0.3 is 6.03 Å². The Kier molecular flexibility index (Phi) is 5.50. The van der Waals surface area contributed by atoms with Crippen LogP contribution in [0.2, 0.25) is 0 Å². The number of fused-ring (bicyclic) bond motifs is 1. The van der Waals surface area contributed by atoms with Crippen molar-refractivity contribution < 1.29 is 23.5 Å². The van der Waals surface area contributed by atoms with Crippen LogP contribution < -0.4 is 14.8 Å². The molecule has 0 spiro atoms. The minimum absolute atomic E-state index is 0.214. The number of benzene rings is 2. The predicted molar refractivity (Wildman–Crippen MR) is 104 cm³/mol. The van der Waals surface area contributed by atoms with Gasteiger partial charge in [-0.15, -0.1) is 0 Å². The van der Waals surface area contributed by atoms with Crippen molar-refractivity contribution in [2.45, 2.75) is 26.0 Å². The molecule has 2 heterocycles. The molecule has 2 aliphatic rings. The molecule has 0 aliphatic carbocycles. The average molecular weight is 399 g/mol. The largest absolute Gasteiger partial charge is 0.454 e. The SMILES string of the molecule is CCNC(=O)N(Cc1cccc(F)c1)CC1CC(c2ccc3c(c2)OCO3)=NO1. The highest BCUT2D eigenvalue weighted by molar-refractivity contribution is 6.01. The van der Waals surface area contributed by atoms with E-state index in [2.05, 4.69) is 10.5 Å². The molecule has 0 bridgehead atoms. The normalized spacial score (nSPS) is 16.9. The van der Waals surface area contributed by atoms with E-state index in [0.717, 1.165) is 11.3 Å². The Labute approximate surface area is 168 Å². The van der Waals surface area contributed by atoms with Crippen LogP contribution in [0.15, 0.2) is 47.6 Å². The third kappa shape index (κ3) is 4.42. The molecular weight excluding hydrogens is 377 g/mol. The minimum Gasteiger partial charge on any atom is -0.454 e. The van der Waals surface area contributed by atoms with E-state index in [9.17, 15) is 9.18 Å². The summed E-state index contributed by atoms with van der Waals surface area (Å²) in [5.41, 5.74) is 2.40. The Balaban J connectivity index is 1.42. The number of halogens is 1. The summed E-state index contributed by atoms with van der Waals surface area (Å²) in [6.07, 6.45) is 0.269. The number of hydrogen-bond acceptors (Lipinski definition) is 5. The Bertz CT molecular complexity index is 934. The van der Waals surface area contributed by atoms with Crippen molar-refractivity contribution in [3.63, 3.8) is 0 Å². The van der Waals surface area contributed by atoms with Gasteiger partial charge in [-0.05, 0) is 42.8 Å². The summed E-state index contributed by atoms with van der Waals surface area (Å²) in [7, 11) is 0. The molecule has 29 heavy (non-hydrogen) atoms. The molecule has 0 aromatic heterocycles. The summed E-state index contributed by atoms with van der Waals surface area (Å²) in [6, 6.07) is 11.6. The standard InChI is InChI=1S/C21H22FN3O4/c1-2-23-21(26)25(11-14-4-3-5-16(22)8-14)12-17-10-18(24-29-17)15-6-7-19-20(9-15)28-13-27-19/h3-9,17H,2,10-13H2,1H3,(H,23,26). The van der Waals surface area contributed by atoms with Gasteiger partial charge in [-0.25, -0.2) is 9.18 Å². The van der Waals surface area contributed by atoms with Crippen LogP contribution in [0.25, 0.3) is 0 Å². The van der Waals surface area contributed by atoms with Crippen molar-refractivity contribution in [1.82, 2.24) is 10.2 Å². The number of carbonyl (C=O) groups is 1. The summed E-state index contributed by atoms with van der Waals surface area (Å²) in [4.78, 5) is 19.7. The van der Waals surface area contributed by atoms with Gasteiger partial charge in [-0.2, -0.15) is 0 Å². The van der Waals surface area contributed by atoms with Crippen LogP contribution in [-0.4, -0.2) is 42.6 Å². The number of ether oxygens (including phenoxy) is 2.